The maximum atomic E-state index is 12.6. The number of nitrogens with one attached hydrogen (secondary N) is 1. The first kappa shape index (κ1) is 22.1. The Balaban J connectivity index is 1.79. The van der Waals surface area contributed by atoms with Gasteiger partial charge in [0.2, 0.25) is 0 Å². The maximum Gasteiger partial charge on any atom is 0.417 e. The lowest BCUT2D eigenvalue weighted by atomic mass is 10.2. The summed E-state index contributed by atoms with van der Waals surface area (Å²) in [5.74, 6) is -0.193. The van der Waals surface area contributed by atoms with E-state index >= 15 is 0 Å². The Hall–Kier alpha value is -3.62. The van der Waals surface area contributed by atoms with E-state index in [2.05, 4.69) is 15.5 Å². The van der Waals surface area contributed by atoms with Crippen LogP contribution in [0, 0.1) is 13.8 Å². The van der Waals surface area contributed by atoms with Crippen LogP contribution in [0.15, 0.2) is 53.8 Å². The number of hydrogen-bond acceptors (Lipinski definition) is 5. The first-order chi connectivity index (χ1) is 14.7. The molecule has 0 radical (unpaired) electrons. The highest BCUT2D eigenvalue weighted by Gasteiger charge is 2.30. The Kier molecular flexibility index (Phi) is 6.43. The zero-order chi connectivity index (χ0) is 22.6. The summed E-state index contributed by atoms with van der Waals surface area (Å²) in [4.78, 5) is 15.7. The molecule has 0 saturated heterocycles. The topological polar surface area (TPSA) is 68.5 Å². The minimum atomic E-state index is -4.43. The molecule has 9 heteroatoms. The lowest BCUT2D eigenvalue weighted by Gasteiger charge is -2.11. The third kappa shape index (κ3) is 5.11. The van der Waals surface area contributed by atoms with Crippen LogP contribution in [0.4, 0.5) is 19.0 Å². The molecule has 31 heavy (non-hydrogen) atoms. The monoisotopic (exact) mass is 430 g/mol. The minimum absolute atomic E-state index is 0.195. The summed E-state index contributed by atoms with van der Waals surface area (Å²) >= 11 is 0. The summed E-state index contributed by atoms with van der Waals surface area (Å²) in [6.45, 7) is 5.88. The second kappa shape index (κ2) is 9.03. The number of aryl methyl sites for hydroxylation is 1. The van der Waals surface area contributed by atoms with Gasteiger partial charge in [0.1, 0.15) is 5.82 Å². The summed E-state index contributed by atoms with van der Waals surface area (Å²) in [5, 5.41) is 4.08. The van der Waals surface area contributed by atoms with E-state index in [-0.39, 0.29) is 11.8 Å². The van der Waals surface area contributed by atoms with Crippen molar-refractivity contribution >= 4 is 18.0 Å². The van der Waals surface area contributed by atoms with Crippen molar-refractivity contribution in [3.8, 4) is 5.69 Å². The molecule has 2 aromatic heterocycles. The molecule has 0 amide bonds. The SMILES string of the molecule is CCOC(=O)c1cccc(-n2c(C)cc(/C=N/Nc3ccc(C(F)(F)F)cn3)c2C)c1. The number of pyridine rings is 1. The molecule has 0 atom stereocenters. The normalized spacial score (nSPS) is 11.7. The molecule has 1 N–H and O–H groups in total. The van der Waals surface area contributed by atoms with Gasteiger partial charge in [-0.05, 0) is 57.2 Å². The molecule has 0 fully saturated rings. The number of esters is 1. The van der Waals surface area contributed by atoms with E-state index in [0.717, 1.165) is 34.9 Å². The smallest absolute Gasteiger partial charge is 0.417 e. The molecule has 0 spiro atoms. The molecule has 0 unspecified atom stereocenters. The quantitative estimate of drug-likeness (QED) is 0.334. The van der Waals surface area contributed by atoms with Gasteiger partial charge >= 0.3 is 12.1 Å². The largest absolute Gasteiger partial charge is 0.462 e. The van der Waals surface area contributed by atoms with Crippen LogP contribution in [0.3, 0.4) is 0 Å². The molecule has 1 aromatic carbocycles. The van der Waals surface area contributed by atoms with Gasteiger partial charge in [-0.25, -0.2) is 9.78 Å². The summed E-state index contributed by atoms with van der Waals surface area (Å²) in [7, 11) is 0. The second-order valence-corrected chi connectivity index (χ2v) is 6.73. The van der Waals surface area contributed by atoms with E-state index in [1.807, 2.05) is 30.5 Å². The van der Waals surface area contributed by atoms with Crippen molar-refractivity contribution < 1.29 is 22.7 Å². The molecule has 0 aliphatic rings. The van der Waals surface area contributed by atoms with Crippen molar-refractivity contribution in [3.63, 3.8) is 0 Å². The van der Waals surface area contributed by atoms with Crippen molar-refractivity contribution in [1.29, 1.82) is 0 Å². The van der Waals surface area contributed by atoms with E-state index in [1.54, 1.807) is 31.3 Å². The number of hydrazone groups is 1. The van der Waals surface area contributed by atoms with Crippen LogP contribution in [0.1, 0.15) is 39.8 Å². The lowest BCUT2D eigenvalue weighted by Crippen LogP contribution is -2.06. The fourth-order valence-electron chi connectivity index (χ4n) is 3.10. The van der Waals surface area contributed by atoms with Gasteiger partial charge in [-0.2, -0.15) is 18.3 Å². The number of carbonyl (C=O) groups is 1. The lowest BCUT2D eigenvalue weighted by molar-refractivity contribution is -0.137. The number of benzene rings is 1. The summed E-state index contributed by atoms with van der Waals surface area (Å²) in [5.41, 5.74) is 5.67. The third-order valence-electron chi connectivity index (χ3n) is 4.56. The summed E-state index contributed by atoms with van der Waals surface area (Å²) < 4.78 is 44.9. The number of anilines is 1. The molecule has 3 aromatic rings. The van der Waals surface area contributed by atoms with E-state index in [1.165, 1.54) is 6.07 Å². The Labute approximate surface area is 177 Å². The first-order valence-corrected chi connectivity index (χ1v) is 9.49. The average Bonchev–Trinajstić information content (AvgIpc) is 3.01. The molecule has 162 valence electrons. The third-order valence-corrected chi connectivity index (χ3v) is 4.56. The number of carbonyl (C=O) groups excluding carboxylic acids is 1. The molecular formula is C22H21F3N4O2. The van der Waals surface area contributed by atoms with E-state index in [9.17, 15) is 18.0 Å². The van der Waals surface area contributed by atoms with Crippen LogP contribution in [-0.2, 0) is 10.9 Å². The van der Waals surface area contributed by atoms with Gasteiger partial charge in [0.05, 0.1) is 23.9 Å². The number of ether oxygens (including phenoxy) is 1. The van der Waals surface area contributed by atoms with E-state index in [0.29, 0.717) is 12.2 Å². The van der Waals surface area contributed by atoms with Crippen LogP contribution in [0.25, 0.3) is 5.69 Å². The van der Waals surface area contributed by atoms with Gasteiger partial charge in [0, 0.05) is 28.8 Å². The van der Waals surface area contributed by atoms with Crippen molar-refractivity contribution in [2.45, 2.75) is 26.9 Å². The number of aromatic nitrogens is 2. The van der Waals surface area contributed by atoms with Crippen molar-refractivity contribution in [2.75, 3.05) is 12.0 Å². The van der Waals surface area contributed by atoms with Gasteiger partial charge in [-0.1, -0.05) is 6.07 Å². The number of halogens is 3. The fraction of sp³-hybridized carbons (Fsp3) is 0.227. The minimum Gasteiger partial charge on any atom is -0.462 e. The Morgan fingerprint density at radius 2 is 2.00 bits per heavy atom. The van der Waals surface area contributed by atoms with Gasteiger partial charge in [-0.3, -0.25) is 5.43 Å². The predicted molar refractivity (Wildman–Crippen MR) is 112 cm³/mol. The first-order valence-electron chi connectivity index (χ1n) is 9.49. The molecule has 0 aliphatic heterocycles. The van der Waals surface area contributed by atoms with Crippen LogP contribution >= 0.6 is 0 Å². The standard InChI is InChI=1S/C22H21F3N4O2/c1-4-31-21(30)16-6-5-7-19(11-16)29-14(2)10-17(15(29)3)12-27-28-20-9-8-18(13-26-20)22(23,24)25/h5-13H,4H2,1-3H3,(H,26,28)/b27-12+. The Morgan fingerprint density at radius 1 is 1.23 bits per heavy atom. The van der Waals surface area contributed by atoms with E-state index in [4.69, 9.17) is 4.74 Å². The van der Waals surface area contributed by atoms with Crippen LogP contribution in [0.2, 0.25) is 0 Å². The van der Waals surface area contributed by atoms with Crippen molar-refractivity contribution in [3.05, 3.63) is 76.7 Å². The zero-order valence-electron chi connectivity index (χ0n) is 17.2. The van der Waals surface area contributed by atoms with Crippen LogP contribution in [0.5, 0.6) is 0 Å². The second-order valence-electron chi connectivity index (χ2n) is 6.73. The predicted octanol–water partition coefficient (Wildman–Crippen LogP) is 5.13. The highest BCUT2D eigenvalue weighted by molar-refractivity contribution is 5.90. The molecule has 0 aliphatic carbocycles. The molecule has 0 bridgehead atoms. The highest BCUT2D eigenvalue weighted by Crippen LogP contribution is 2.28. The maximum absolute atomic E-state index is 12.6. The number of rotatable bonds is 6. The Bertz CT molecular complexity index is 1100. The zero-order valence-corrected chi connectivity index (χ0v) is 17.2. The van der Waals surface area contributed by atoms with Gasteiger partial charge < -0.3 is 9.30 Å². The van der Waals surface area contributed by atoms with E-state index < -0.39 is 11.7 Å². The molecule has 6 nitrogen and oxygen atoms in total. The molecular weight excluding hydrogens is 409 g/mol. The number of nitrogens with zero attached hydrogens (tertiary/aromatic N) is 3. The number of hydrogen-bond donors (Lipinski definition) is 1. The summed E-state index contributed by atoms with van der Waals surface area (Å²) in [6, 6.07) is 11.2. The van der Waals surface area contributed by atoms with Gasteiger partial charge in [-0.15, -0.1) is 0 Å². The average molecular weight is 430 g/mol. The van der Waals surface area contributed by atoms with Crippen LogP contribution < -0.4 is 5.43 Å². The van der Waals surface area contributed by atoms with Crippen LogP contribution in [-0.4, -0.2) is 28.3 Å². The molecule has 3 rings (SSSR count). The van der Waals surface area contributed by atoms with Gasteiger partial charge in [0.25, 0.3) is 0 Å². The van der Waals surface area contributed by atoms with Crippen molar-refractivity contribution in [1.82, 2.24) is 9.55 Å². The van der Waals surface area contributed by atoms with Crippen molar-refractivity contribution in [2.24, 2.45) is 5.10 Å². The van der Waals surface area contributed by atoms with Gasteiger partial charge in [0.15, 0.2) is 0 Å². The molecule has 2 heterocycles. The Morgan fingerprint density at radius 3 is 2.65 bits per heavy atom. The highest BCUT2D eigenvalue weighted by atomic mass is 19.4. The summed E-state index contributed by atoms with van der Waals surface area (Å²) in [6.07, 6.45) is -2.12. The molecule has 0 saturated carbocycles. The fourth-order valence-corrected chi connectivity index (χ4v) is 3.10. The number of alkyl halides is 3.